The first-order valence-corrected chi connectivity index (χ1v) is 3.44. The molecular weight excluding hydrogens is 158 g/mol. The maximum atomic E-state index is 10.1. The molecule has 0 spiro atoms. The molecule has 3 amide bonds. The normalized spacial score (nSPS) is 12.8. The second-order valence-corrected chi connectivity index (χ2v) is 1.86. The fraction of sp³-hybridized carbons (Fsp3) is 0.429. The highest BCUT2D eigenvalue weighted by atomic mass is 16.2. The molecule has 0 bridgehead atoms. The summed E-state index contributed by atoms with van der Waals surface area (Å²) >= 11 is 0. The zero-order valence-electron chi connectivity index (χ0n) is 7.01. The van der Waals surface area contributed by atoms with E-state index >= 15 is 0 Å². The average Bonchev–Trinajstić information content (AvgIpc) is 2.43. The lowest BCUT2D eigenvalue weighted by molar-refractivity contribution is -0.119. The molecule has 0 aromatic rings. The minimum Gasteiger partial charge on any atom is -0.356 e. The van der Waals surface area contributed by atoms with Gasteiger partial charge in [-0.05, 0) is 6.42 Å². The monoisotopic (exact) mass is 173 g/mol. The van der Waals surface area contributed by atoms with E-state index < -0.39 is 6.03 Å². The molecule has 0 saturated carbocycles. The summed E-state index contributed by atoms with van der Waals surface area (Å²) in [6.07, 6.45) is 1.76. The molecule has 0 atom stereocenters. The van der Waals surface area contributed by atoms with Crippen LogP contribution in [0.2, 0.25) is 0 Å². The number of urea groups is 1. The van der Waals surface area contributed by atoms with Gasteiger partial charge in [-0.3, -0.25) is 4.79 Å². The topological polar surface area (TPSA) is 98.2 Å². The number of carbonyl (C=O) groups is 2. The van der Waals surface area contributed by atoms with E-state index in [4.69, 9.17) is 4.79 Å². The largest absolute Gasteiger partial charge is 0.356 e. The summed E-state index contributed by atoms with van der Waals surface area (Å²) in [5, 5.41) is 2.68. The van der Waals surface area contributed by atoms with Crippen LogP contribution in [-0.2, 0) is 4.79 Å². The van der Waals surface area contributed by atoms with E-state index in [9.17, 15) is 4.79 Å². The van der Waals surface area contributed by atoms with E-state index in [0.29, 0.717) is 0 Å². The van der Waals surface area contributed by atoms with Gasteiger partial charge in [-0.2, -0.15) is 0 Å². The lowest BCUT2D eigenvalue weighted by Gasteiger charge is -1.80. The molecule has 0 aliphatic carbocycles. The Labute approximate surface area is 71.8 Å². The summed E-state index contributed by atoms with van der Waals surface area (Å²) in [7, 11) is 0. The number of amides is 3. The van der Waals surface area contributed by atoms with Crippen LogP contribution in [0.5, 0.6) is 0 Å². The Bertz CT molecular complexity index is 136. The third-order valence-corrected chi connectivity index (χ3v) is 0.903. The smallest absolute Gasteiger partial charge is 0.309 e. The predicted molar refractivity (Wildman–Crippen MR) is 47.3 cm³/mol. The molecule has 1 aliphatic rings. The van der Waals surface area contributed by atoms with Gasteiger partial charge in [-0.1, -0.05) is 0 Å². The summed E-state index contributed by atoms with van der Waals surface area (Å²) < 4.78 is 0. The molecule has 1 fully saturated rings. The Hall–Kier alpha value is -1.52. The van der Waals surface area contributed by atoms with Crippen molar-refractivity contribution >= 4 is 11.9 Å². The Morgan fingerprint density at radius 2 is 1.83 bits per heavy atom. The summed E-state index contributed by atoms with van der Waals surface area (Å²) in [5.41, 5.74) is 8.50. The van der Waals surface area contributed by atoms with E-state index in [0.717, 1.165) is 19.4 Å². The van der Waals surface area contributed by atoms with E-state index in [2.05, 4.69) is 29.9 Å². The first-order valence-electron chi connectivity index (χ1n) is 3.44. The number of carbonyl (C=O) groups excluding carboxylic acids is 2. The maximum Gasteiger partial charge on any atom is 0.309 e. The second-order valence-electron chi connectivity index (χ2n) is 1.86. The summed E-state index contributed by atoms with van der Waals surface area (Å²) in [6.45, 7) is 6.89. The standard InChI is InChI=1S/C4H7NO.C2H4.CH4N2O/c6-4-2-1-3-5-4;1-2;2-1(3)4/h1-3H2,(H,5,6);1-2H2;(H4,2,3,4). The van der Waals surface area contributed by atoms with Gasteiger partial charge < -0.3 is 16.8 Å². The van der Waals surface area contributed by atoms with Gasteiger partial charge in [0.2, 0.25) is 5.91 Å². The Morgan fingerprint density at radius 1 is 1.42 bits per heavy atom. The van der Waals surface area contributed by atoms with E-state index in [1.807, 2.05) is 0 Å². The van der Waals surface area contributed by atoms with Crippen LogP contribution in [-0.4, -0.2) is 18.5 Å². The molecule has 1 aliphatic heterocycles. The van der Waals surface area contributed by atoms with Crippen molar-refractivity contribution < 1.29 is 9.59 Å². The highest BCUT2D eigenvalue weighted by Gasteiger charge is 2.05. The lowest BCUT2D eigenvalue weighted by Crippen LogP contribution is -2.18. The molecule has 0 radical (unpaired) electrons. The predicted octanol–water partition coefficient (Wildman–Crippen LogP) is -0.278. The van der Waals surface area contributed by atoms with Crippen LogP contribution in [0.3, 0.4) is 0 Å². The van der Waals surface area contributed by atoms with Crippen molar-refractivity contribution in [3.63, 3.8) is 0 Å². The molecule has 70 valence electrons. The Morgan fingerprint density at radius 3 is 1.92 bits per heavy atom. The number of nitrogens with one attached hydrogen (secondary N) is 1. The first kappa shape index (κ1) is 13.1. The number of hydrogen-bond donors (Lipinski definition) is 3. The lowest BCUT2D eigenvalue weighted by atomic mass is 10.4. The van der Waals surface area contributed by atoms with Crippen LogP contribution < -0.4 is 16.8 Å². The molecule has 1 rings (SSSR count). The number of rotatable bonds is 0. The minimum atomic E-state index is -0.833. The van der Waals surface area contributed by atoms with Gasteiger partial charge >= 0.3 is 6.03 Å². The fourth-order valence-electron chi connectivity index (χ4n) is 0.565. The second kappa shape index (κ2) is 9.48. The van der Waals surface area contributed by atoms with Gasteiger partial charge in [0.25, 0.3) is 0 Å². The highest BCUT2D eigenvalue weighted by molar-refractivity contribution is 5.77. The minimum absolute atomic E-state index is 0.204. The zero-order valence-corrected chi connectivity index (χ0v) is 7.01. The highest BCUT2D eigenvalue weighted by Crippen LogP contribution is 1.93. The van der Waals surface area contributed by atoms with Gasteiger partial charge in [0.05, 0.1) is 0 Å². The molecule has 0 aromatic carbocycles. The van der Waals surface area contributed by atoms with Crippen molar-refractivity contribution in [1.29, 1.82) is 0 Å². The Kier molecular flexibility index (Phi) is 10.3. The third-order valence-electron chi connectivity index (χ3n) is 0.903. The van der Waals surface area contributed by atoms with Gasteiger partial charge in [-0.25, -0.2) is 4.79 Å². The quantitative estimate of drug-likeness (QED) is 0.439. The average molecular weight is 173 g/mol. The molecule has 5 N–H and O–H groups in total. The SMILES string of the molecule is C=C.NC(N)=O.O=C1CCCN1. The molecule has 12 heavy (non-hydrogen) atoms. The van der Waals surface area contributed by atoms with Crippen LogP contribution in [0, 0.1) is 0 Å². The van der Waals surface area contributed by atoms with Crippen molar-refractivity contribution in [2.75, 3.05) is 6.54 Å². The van der Waals surface area contributed by atoms with Gasteiger partial charge in [0, 0.05) is 13.0 Å². The van der Waals surface area contributed by atoms with Crippen molar-refractivity contribution in [3.8, 4) is 0 Å². The molecule has 1 saturated heterocycles. The van der Waals surface area contributed by atoms with E-state index in [1.165, 1.54) is 0 Å². The molecule has 0 aromatic heterocycles. The molecular formula is C7H15N3O2. The van der Waals surface area contributed by atoms with Gasteiger partial charge in [0.1, 0.15) is 0 Å². The zero-order chi connectivity index (χ0) is 9.98. The van der Waals surface area contributed by atoms with Crippen LogP contribution >= 0.6 is 0 Å². The number of hydrogen-bond acceptors (Lipinski definition) is 2. The van der Waals surface area contributed by atoms with Crippen molar-refractivity contribution in [2.24, 2.45) is 11.5 Å². The number of primary amides is 2. The van der Waals surface area contributed by atoms with Crippen LogP contribution in [0.25, 0.3) is 0 Å². The van der Waals surface area contributed by atoms with E-state index in [1.54, 1.807) is 0 Å². The van der Waals surface area contributed by atoms with Crippen molar-refractivity contribution in [2.45, 2.75) is 12.8 Å². The molecule has 1 heterocycles. The van der Waals surface area contributed by atoms with Crippen molar-refractivity contribution in [1.82, 2.24) is 5.32 Å². The van der Waals surface area contributed by atoms with Crippen molar-refractivity contribution in [3.05, 3.63) is 13.2 Å². The van der Waals surface area contributed by atoms with Gasteiger partial charge in [0.15, 0.2) is 0 Å². The van der Waals surface area contributed by atoms with Crippen LogP contribution in [0.4, 0.5) is 4.79 Å². The fourth-order valence-corrected chi connectivity index (χ4v) is 0.565. The third kappa shape index (κ3) is 15.8. The molecule has 5 nitrogen and oxygen atoms in total. The Balaban J connectivity index is 0. The number of nitrogens with two attached hydrogens (primary N) is 2. The van der Waals surface area contributed by atoms with Crippen LogP contribution in [0.1, 0.15) is 12.8 Å². The summed E-state index contributed by atoms with van der Waals surface area (Å²) in [4.78, 5) is 19.1. The first-order chi connectivity index (χ1) is 5.63. The van der Waals surface area contributed by atoms with Gasteiger partial charge in [-0.15, -0.1) is 13.2 Å². The molecule has 5 heteroatoms. The summed E-state index contributed by atoms with van der Waals surface area (Å²) in [6, 6.07) is -0.833. The summed E-state index contributed by atoms with van der Waals surface area (Å²) in [5.74, 6) is 0.204. The van der Waals surface area contributed by atoms with Crippen LogP contribution in [0.15, 0.2) is 13.2 Å². The van der Waals surface area contributed by atoms with E-state index in [-0.39, 0.29) is 5.91 Å². The molecule has 0 unspecified atom stereocenters. The maximum absolute atomic E-state index is 10.1.